The lowest BCUT2D eigenvalue weighted by Gasteiger charge is -2.26. The van der Waals surface area contributed by atoms with Crippen LogP contribution in [-0.4, -0.2) is 46.6 Å². The van der Waals surface area contributed by atoms with Crippen LogP contribution >= 0.6 is 0 Å². The van der Waals surface area contributed by atoms with E-state index in [2.05, 4.69) is 0 Å². The van der Waals surface area contributed by atoms with Crippen molar-refractivity contribution < 1.29 is 34.0 Å². The van der Waals surface area contributed by atoms with Crippen molar-refractivity contribution in [1.82, 2.24) is 4.90 Å². The maximum atomic E-state index is 13.4. The van der Waals surface area contributed by atoms with E-state index >= 15 is 0 Å². The SMILES string of the molecule is CCOc1cc(C2/C(=C(/O)c3cccc(OC(C)C)c3)C(=O)C(=O)N2Cc2ccc(OC)cc2)ccc1O. The number of amides is 1. The summed E-state index contributed by atoms with van der Waals surface area (Å²) in [6.45, 7) is 5.98. The molecule has 1 amide bonds. The molecule has 1 unspecified atom stereocenters. The summed E-state index contributed by atoms with van der Waals surface area (Å²) in [7, 11) is 1.57. The smallest absolute Gasteiger partial charge is 0.295 e. The molecule has 0 aliphatic carbocycles. The number of ether oxygens (including phenoxy) is 3. The molecule has 1 heterocycles. The minimum Gasteiger partial charge on any atom is -0.507 e. The molecule has 0 aromatic heterocycles. The van der Waals surface area contributed by atoms with Crippen LogP contribution in [0, 0.1) is 0 Å². The van der Waals surface area contributed by atoms with E-state index in [1.54, 1.807) is 62.6 Å². The Morgan fingerprint density at radius 3 is 2.39 bits per heavy atom. The molecule has 8 heteroatoms. The highest BCUT2D eigenvalue weighted by Gasteiger charge is 2.46. The van der Waals surface area contributed by atoms with Crippen molar-refractivity contribution in [2.75, 3.05) is 13.7 Å². The van der Waals surface area contributed by atoms with Crippen LogP contribution < -0.4 is 14.2 Å². The number of phenols is 1. The Balaban J connectivity index is 1.85. The van der Waals surface area contributed by atoms with Gasteiger partial charge in [-0.1, -0.05) is 30.3 Å². The normalized spacial score (nSPS) is 16.7. The van der Waals surface area contributed by atoms with E-state index in [-0.39, 0.29) is 35.5 Å². The lowest BCUT2D eigenvalue weighted by molar-refractivity contribution is -0.140. The molecule has 0 saturated carbocycles. The van der Waals surface area contributed by atoms with Crippen molar-refractivity contribution in [3.05, 3.63) is 89.0 Å². The van der Waals surface area contributed by atoms with Crippen LogP contribution in [0.3, 0.4) is 0 Å². The number of aromatic hydroxyl groups is 1. The van der Waals surface area contributed by atoms with Crippen LogP contribution in [0.25, 0.3) is 5.76 Å². The molecule has 1 aliphatic rings. The summed E-state index contributed by atoms with van der Waals surface area (Å²) in [5, 5.41) is 21.7. The average molecular weight is 518 g/mol. The fourth-order valence-corrected chi connectivity index (χ4v) is 4.43. The number of hydrogen-bond acceptors (Lipinski definition) is 7. The number of methoxy groups -OCH3 is 1. The van der Waals surface area contributed by atoms with Crippen molar-refractivity contribution in [3.63, 3.8) is 0 Å². The van der Waals surface area contributed by atoms with Gasteiger partial charge in [0, 0.05) is 12.1 Å². The van der Waals surface area contributed by atoms with Gasteiger partial charge in [-0.05, 0) is 68.3 Å². The van der Waals surface area contributed by atoms with Crippen molar-refractivity contribution >= 4 is 17.4 Å². The number of phenolic OH excluding ortho intramolecular Hbond substituents is 1. The largest absolute Gasteiger partial charge is 0.507 e. The van der Waals surface area contributed by atoms with E-state index in [9.17, 15) is 19.8 Å². The van der Waals surface area contributed by atoms with Gasteiger partial charge < -0.3 is 29.3 Å². The zero-order valence-corrected chi connectivity index (χ0v) is 21.8. The highest BCUT2D eigenvalue weighted by molar-refractivity contribution is 6.46. The molecular formula is C30H31NO7. The second-order valence-electron chi connectivity index (χ2n) is 9.13. The summed E-state index contributed by atoms with van der Waals surface area (Å²) in [5.41, 5.74) is 1.57. The number of hydrogen-bond donors (Lipinski definition) is 2. The van der Waals surface area contributed by atoms with Gasteiger partial charge in [0.25, 0.3) is 11.7 Å². The number of aliphatic hydroxyl groups excluding tert-OH is 1. The highest BCUT2D eigenvalue weighted by atomic mass is 16.5. The molecule has 3 aromatic carbocycles. The second kappa shape index (κ2) is 11.3. The van der Waals surface area contributed by atoms with E-state index in [0.717, 1.165) is 5.56 Å². The first kappa shape index (κ1) is 26.6. The summed E-state index contributed by atoms with van der Waals surface area (Å²) >= 11 is 0. The topological polar surface area (TPSA) is 106 Å². The first-order chi connectivity index (χ1) is 18.2. The van der Waals surface area contributed by atoms with E-state index in [1.807, 2.05) is 26.0 Å². The van der Waals surface area contributed by atoms with Gasteiger partial charge in [0.05, 0.1) is 31.4 Å². The zero-order chi connectivity index (χ0) is 27.4. The van der Waals surface area contributed by atoms with E-state index in [1.165, 1.54) is 11.0 Å². The number of carbonyl (C=O) groups excluding carboxylic acids is 2. The van der Waals surface area contributed by atoms with Crippen molar-refractivity contribution in [2.24, 2.45) is 0 Å². The minimum atomic E-state index is -0.924. The van der Waals surface area contributed by atoms with Crippen LogP contribution in [0.4, 0.5) is 0 Å². The Kier molecular flexibility index (Phi) is 7.90. The number of Topliss-reactive ketones (excluding diaryl/α,β-unsaturated/α-hetero) is 1. The van der Waals surface area contributed by atoms with E-state index < -0.39 is 17.7 Å². The standard InChI is InChI=1S/C30H31NO7/c1-5-37-25-16-20(11-14-24(25)32)27-26(28(33)21-7-6-8-23(15-21)38-18(2)3)29(34)30(35)31(27)17-19-9-12-22(36-4)13-10-19/h6-16,18,27,32-33H,5,17H2,1-4H3/b28-26-. The molecule has 198 valence electrons. The molecule has 3 aromatic rings. The molecular weight excluding hydrogens is 486 g/mol. The third-order valence-corrected chi connectivity index (χ3v) is 6.13. The van der Waals surface area contributed by atoms with Crippen molar-refractivity contribution in [2.45, 2.75) is 39.5 Å². The Morgan fingerprint density at radius 1 is 1.00 bits per heavy atom. The Morgan fingerprint density at radius 2 is 1.74 bits per heavy atom. The number of rotatable bonds is 9. The maximum Gasteiger partial charge on any atom is 0.295 e. The Labute approximate surface area is 221 Å². The molecule has 4 rings (SSSR count). The van der Waals surface area contributed by atoms with Crippen LogP contribution in [0.2, 0.25) is 0 Å². The first-order valence-corrected chi connectivity index (χ1v) is 12.4. The van der Waals surface area contributed by atoms with Crippen molar-refractivity contribution in [1.29, 1.82) is 0 Å². The van der Waals surface area contributed by atoms with E-state index in [0.29, 0.717) is 29.2 Å². The quantitative estimate of drug-likeness (QED) is 0.228. The monoisotopic (exact) mass is 517 g/mol. The number of ketones is 1. The number of benzene rings is 3. The van der Waals surface area contributed by atoms with Gasteiger partial charge in [-0.25, -0.2) is 0 Å². The fourth-order valence-electron chi connectivity index (χ4n) is 4.43. The summed E-state index contributed by atoms with van der Waals surface area (Å²) in [4.78, 5) is 28.2. The average Bonchev–Trinajstić information content (AvgIpc) is 3.15. The predicted molar refractivity (Wildman–Crippen MR) is 142 cm³/mol. The molecule has 0 bridgehead atoms. The zero-order valence-electron chi connectivity index (χ0n) is 21.8. The Hall–Kier alpha value is -4.46. The van der Waals surface area contributed by atoms with Gasteiger partial charge in [0.2, 0.25) is 0 Å². The van der Waals surface area contributed by atoms with Gasteiger partial charge >= 0.3 is 0 Å². The predicted octanol–water partition coefficient (Wildman–Crippen LogP) is 5.21. The van der Waals surface area contributed by atoms with Crippen LogP contribution in [-0.2, 0) is 16.1 Å². The summed E-state index contributed by atoms with van der Waals surface area (Å²) in [5.74, 6) is -0.526. The molecule has 2 N–H and O–H groups in total. The van der Waals surface area contributed by atoms with Gasteiger partial charge in [0.15, 0.2) is 11.5 Å². The van der Waals surface area contributed by atoms with Gasteiger partial charge in [-0.2, -0.15) is 0 Å². The summed E-state index contributed by atoms with van der Waals surface area (Å²) < 4.78 is 16.5. The molecule has 1 atom stereocenters. The number of nitrogens with zero attached hydrogens (tertiary/aromatic N) is 1. The van der Waals surface area contributed by atoms with Crippen LogP contribution in [0.1, 0.15) is 43.5 Å². The van der Waals surface area contributed by atoms with Gasteiger partial charge in [-0.3, -0.25) is 9.59 Å². The molecule has 38 heavy (non-hydrogen) atoms. The number of carbonyl (C=O) groups is 2. The number of likely N-dealkylation sites (tertiary alicyclic amines) is 1. The van der Waals surface area contributed by atoms with Crippen LogP contribution in [0.5, 0.6) is 23.0 Å². The lowest BCUT2D eigenvalue weighted by atomic mass is 9.94. The molecule has 1 fully saturated rings. The van der Waals surface area contributed by atoms with Crippen molar-refractivity contribution in [3.8, 4) is 23.0 Å². The minimum absolute atomic E-state index is 0.0571. The summed E-state index contributed by atoms with van der Waals surface area (Å²) in [6.07, 6.45) is -0.0866. The van der Waals surface area contributed by atoms with Gasteiger partial charge in [0.1, 0.15) is 17.3 Å². The fraction of sp³-hybridized carbons (Fsp3) is 0.267. The number of aliphatic hydroxyl groups is 1. The van der Waals surface area contributed by atoms with Gasteiger partial charge in [-0.15, -0.1) is 0 Å². The maximum absolute atomic E-state index is 13.4. The molecule has 0 radical (unpaired) electrons. The van der Waals surface area contributed by atoms with E-state index in [4.69, 9.17) is 14.2 Å². The second-order valence-corrected chi connectivity index (χ2v) is 9.13. The molecule has 1 aliphatic heterocycles. The molecule has 1 saturated heterocycles. The Bertz CT molecular complexity index is 1360. The highest BCUT2D eigenvalue weighted by Crippen LogP contribution is 2.43. The molecule has 0 spiro atoms. The third-order valence-electron chi connectivity index (χ3n) is 6.13. The first-order valence-electron chi connectivity index (χ1n) is 12.4. The third kappa shape index (κ3) is 5.44. The molecule has 8 nitrogen and oxygen atoms in total. The van der Waals surface area contributed by atoms with Crippen LogP contribution in [0.15, 0.2) is 72.3 Å². The summed E-state index contributed by atoms with van der Waals surface area (Å²) in [6, 6.07) is 17.6. The lowest BCUT2D eigenvalue weighted by Crippen LogP contribution is -2.29.